The minimum Gasteiger partial charge on any atom is -0.368 e. The van der Waals surface area contributed by atoms with Crippen molar-refractivity contribution >= 4 is 17.4 Å². The lowest BCUT2D eigenvalue weighted by Crippen LogP contribution is -2.33. The molecule has 1 amide bonds. The Labute approximate surface area is 169 Å². The smallest absolute Gasteiger partial charge is 0.248 e. The molecule has 0 aliphatic heterocycles. The van der Waals surface area contributed by atoms with E-state index in [2.05, 4.69) is 15.3 Å². The first kappa shape index (κ1) is 19.3. The van der Waals surface area contributed by atoms with E-state index in [1.165, 1.54) is 0 Å². The number of carbonyl (C=O) groups excluding carboxylic acids is 1. The summed E-state index contributed by atoms with van der Waals surface area (Å²) in [7, 11) is 3.49. The predicted octanol–water partition coefficient (Wildman–Crippen LogP) is 2.62. The second kappa shape index (κ2) is 8.57. The first-order valence-electron chi connectivity index (χ1n) is 9.93. The van der Waals surface area contributed by atoms with Crippen molar-refractivity contribution < 1.29 is 9.53 Å². The van der Waals surface area contributed by atoms with Gasteiger partial charge in [0, 0.05) is 38.1 Å². The third-order valence-electron chi connectivity index (χ3n) is 5.31. The van der Waals surface area contributed by atoms with Crippen LogP contribution in [0.15, 0.2) is 42.9 Å². The summed E-state index contributed by atoms with van der Waals surface area (Å²) in [5.41, 5.74) is 2.78. The molecule has 8 nitrogen and oxygen atoms in total. The molecule has 1 aliphatic rings. The Kier molecular flexibility index (Phi) is 5.71. The van der Waals surface area contributed by atoms with E-state index < -0.39 is 0 Å². The lowest BCUT2D eigenvalue weighted by Gasteiger charge is -2.29. The molecule has 0 spiro atoms. The van der Waals surface area contributed by atoms with Gasteiger partial charge in [-0.15, -0.1) is 5.10 Å². The van der Waals surface area contributed by atoms with E-state index in [9.17, 15) is 4.79 Å². The van der Waals surface area contributed by atoms with E-state index in [4.69, 9.17) is 9.84 Å². The molecule has 0 unspecified atom stereocenters. The highest BCUT2D eigenvalue weighted by Gasteiger charge is 2.23. The predicted molar refractivity (Wildman–Crippen MR) is 111 cm³/mol. The van der Waals surface area contributed by atoms with Gasteiger partial charge in [-0.05, 0) is 49.9 Å². The molecule has 4 rings (SSSR count). The van der Waals surface area contributed by atoms with E-state index in [0.717, 1.165) is 48.4 Å². The van der Waals surface area contributed by atoms with Crippen molar-refractivity contribution in [2.24, 2.45) is 0 Å². The molecule has 8 heteroatoms. The van der Waals surface area contributed by atoms with Crippen LogP contribution in [0.3, 0.4) is 0 Å². The summed E-state index contributed by atoms with van der Waals surface area (Å²) in [4.78, 5) is 21.8. The molecule has 0 saturated heterocycles. The van der Waals surface area contributed by atoms with Gasteiger partial charge < -0.3 is 15.0 Å². The lowest BCUT2D eigenvalue weighted by atomic mass is 9.93. The molecular formula is C21H26N6O2. The number of pyridine rings is 1. The molecule has 0 atom stereocenters. The highest BCUT2D eigenvalue weighted by atomic mass is 16.5. The second-order valence-corrected chi connectivity index (χ2v) is 7.59. The first-order valence-corrected chi connectivity index (χ1v) is 9.93. The number of likely N-dealkylation sites (N-methyl/N-ethyl adjacent to an activating group) is 1. The van der Waals surface area contributed by atoms with Gasteiger partial charge in [0.1, 0.15) is 12.4 Å². The summed E-state index contributed by atoms with van der Waals surface area (Å²) in [6.45, 7) is 0.159. The van der Waals surface area contributed by atoms with Gasteiger partial charge in [0.05, 0.1) is 18.0 Å². The molecule has 3 aromatic rings. The number of hydrogen-bond donors (Lipinski definition) is 1. The highest BCUT2D eigenvalue weighted by molar-refractivity contribution is 5.76. The van der Waals surface area contributed by atoms with Crippen LogP contribution in [0, 0.1) is 0 Å². The molecule has 0 aromatic carbocycles. The number of aromatic nitrogens is 4. The molecule has 1 aliphatic carbocycles. The molecule has 0 radical (unpaired) electrons. The number of hydrogen-bond acceptors (Lipinski definition) is 6. The molecule has 3 aromatic heterocycles. The van der Waals surface area contributed by atoms with E-state index >= 15 is 0 Å². The Balaban J connectivity index is 1.37. The second-order valence-electron chi connectivity index (χ2n) is 7.59. The molecule has 1 N–H and O–H groups in total. The zero-order valence-electron chi connectivity index (χ0n) is 16.8. The average Bonchev–Trinajstić information content (AvgIpc) is 3.17. The van der Waals surface area contributed by atoms with Gasteiger partial charge in [-0.25, -0.2) is 9.50 Å². The van der Waals surface area contributed by atoms with Crippen LogP contribution in [0.5, 0.6) is 0 Å². The van der Waals surface area contributed by atoms with Gasteiger partial charge in [-0.3, -0.25) is 9.78 Å². The van der Waals surface area contributed by atoms with Crippen LogP contribution in [0.1, 0.15) is 25.7 Å². The van der Waals surface area contributed by atoms with Crippen LogP contribution in [-0.2, 0) is 9.53 Å². The number of amides is 1. The SMILES string of the molecule is CN(C)C(=O)COC1CCC(Nc2ccc3ncc(-c4ccncc4)n3n2)CC1. The standard InChI is InChI=1S/C21H26N6O2/c1-26(2)21(28)14-29-17-5-3-16(4-6-17)24-19-7-8-20-23-13-18(27(20)25-19)15-9-11-22-12-10-15/h7-13,16-17H,3-6,14H2,1-2H3,(H,24,25). The zero-order chi connectivity index (χ0) is 20.2. The summed E-state index contributed by atoms with van der Waals surface area (Å²) < 4.78 is 7.62. The lowest BCUT2D eigenvalue weighted by molar-refractivity contribution is -0.136. The van der Waals surface area contributed by atoms with Crippen molar-refractivity contribution in [3.05, 3.63) is 42.9 Å². The third kappa shape index (κ3) is 4.54. The number of fused-ring (bicyclic) bond motifs is 1. The Morgan fingerprint density at radius 3 is 2.66 bits per heavy atom. The molecule has 1 saturated carbocycles. The van der Waals surface area contributed by atoms with Gasteiger partial charge in [-0.2, -0.15) is 0 Å². The maximum Gasteiger partial charge on any atom is 0.248 e. The van der Waals surface area contributed by atoms with Gasteiger partial charge in [0.2, 0.25) is 5.91 Å². The normalized spacial score (nSPS) is 19.2. The molecule has 3 heterocycles. The monoisotopic (exact) mass is 394 g/mol. The Hall–Kier alpha value is -3.00. The van der Waals surface area contributed by atoms with Crippen molar-refractivity contribution in [2.45, 2.75) is 37.8 Å². The third-order valence-corrected chi connectivity index (χ3v) is 5.31. The van der Waals surface area contributed by atoms with Crippen molar-refractivity contribution in [1.82, 2.24) is 24.5 Å². The van der Waals surface area contributed by atoms with Gasteiger partial charge in [0.25, 0.3) is 0 Å². The van der Waals surface area contributed by atoms with Crippen LogP contribution >= 0.6 is 0 Å². The summed E-state index contributed by atoms with van der Waals surface area (Å²) >= 11 is 0. The van der Waals surface area contributed by atoms with Crippen molar-refractivity contribution in [2.75, 3.05) is 26.0 Å². The van der Waals surface area contributed by atoms with Gasteiger partial charge >= 0.3 is 0 Å². The largest absolute Gasteiger partial charge is 0.368 e. The Morgan fingerprint density at radius 2 is 1.93 bits per heavy atom. The van der Waals surface area contributed by atoms with Crippen molar-refractivity contribution in [3.8, 4) is 11.3 Å². The molecule has 29 heavy (non-hydrogen) atoms. The maximum absolute atomic E-state index is 11.7. The fraction of sp³-hybridized carbons (Fsp3) is 0.429. The Morgan fingerprint density at radius 1 is 1.17 bits per heavy atom. The minimum absolute atomic E-state index is 0.00749. The van der Waals surface area contributed by atoms with Crippen LogP contribution < -0.4 is 5.32 Å². The average molecular weight is 394 g/mol. The number of rotatable bonds is 6. The number of carbonyl (C=O) groups is 1. The first-order chi connectivity index (χ1) is 14.1. The number of nitrogens with zero attached hydrogens (tertiary/aromatic N) is 5. The molecule has 152 valence electrons. The van der Waals surface area contributed by atoms with Gasteiger partial charge in [0.15, 0.2) is 5.65 Å². The van der Waals surface area contributed by atoms with Crippen molar-refractivity contribution in [3.63, 3.8) is 0 Å². The number of ether oxygens (including phenoxy) is 1. The fourth-order valence-electron chi connectivity index (χ4n) is 3.57. The number of anilines is 1. The number of nitrogens with one attached hydrogen (secondary N) is 1. The van der Waals surface area contributed by atoms with E-state index in [1.807, 2.05) is 35.0 Å². The Bertz CT molecular complexity index is 964. The summed E-state index contributed by atoms with van der Waals surface area (Å²) in [6.07, 6.45) is 9.37. The van der Waals surface area contributed by atoms with E-state index in [1.54, 1.807) is 31.4 Å². The molecule has 1 fully saturated rings. The summed E-state index contributed by atoms with van der Waals surface area (Å²) in [6, 6.07) is 8.19. The van der Waals surface area contributed by atoms with Crippen molar-refractivity contribution in [1.29, 1.82) is 0 Å². The summed E-state index contributed by atoms with van der Waals surface area (Å²) in [5, 5.41) is 8.29. The quantitative estimate of drug-likeness (QED) is 0.692. The zero-order valence-corrected chi connectivity index (χ0v) is 16.8. The maximum atomic E-state index is 11.7. The van der Waals surface area contributed by atoms with E-state index in [0.29, 0.717) is 6.04 Å². The van der Waals surface area contributed by atoms with Crippen LogP contribution in [0.4, 0.5) is 5.82 Å². The number of imidazole rings is 1. The molecule has 0 bridgehead atoms. The minimum atomic E-state index is 0.00749. The topological polar surface area (TPSA) is 84.6 Å². The van der Waals surface area contributed by atoms with Gasteiger partial charge in [-0.1, -0.05) is 0 Å². The van der Waals surface area contributed by atoms with Crippen LogP contribution in [0.2, 0.25) is 0 Å². The molecular weight excluding hydrogens is 368 g/mol. The van der Waals surface area contributed by atoms with E-state index in [-0.39, 0.29) is 18.6 Å². The fourth-order valence-corrected chi connectivity index (χ4v) is 3.57. The van der Waals surface area contributed by atoms with Crippen LogP contribution in [-0.4, -0.2) is 63.2 Å². The van der Waals surface area contributed by atoms with Crippen LogP contribution in [0.25, 0.3) is 16.9 Å². The summed E-state index contributed by atoms with van der Waals surface area (Å²) in [5.74, 6) is 0.839. The highest BCUT2D eigenvalue weighted by Crippen LogP contribution is 2.25.